The molecule has 1 rings (SSSR count). The van der Waals surface area contributed by atoms with E-state index in [9.17, 15) is 9.60 Å². The number of pyridine rings is 1. The third-order valence-electron chi connectivity index (χ3n) is 1.50. The van der Waals surface area contributed by atoms with Crippen molar-refractivity contribution in [2.45, 2.75) is 0 Å². The molecule has 0 radical (unpaired) electrons. The third kappa shape index (κ3) is 2.91. The maximum Gasteiger partial charge on any atom is 0.256 e. The zero-order chi connectivity index (χ0) is 11.1. The maximum atomic E-state index is 11.7. The highest BCUT2D eigenvalue weighted by Crippen LogP contribution is 1.95. The molecule has 0 bridgehead atoms. The molecule has 0 unspecified atom stereocenters. The van der Waals surface area contributed by atoms with E-state index in [0.717, 1.165) is 0 Å². The summed E-state index contributed by atoms with van der Waals surface area (Å²) in [6.07, 6.45) is 1.23. The summed E-state index contributed by atoms with van der Waals surface area (Å²) in [7, 11) is 0. The molecule has 6 heteroatoms. The highest BCUT2D eigenvalue weighted by molar-refractivity contribution is 6.09. The molecular weight excluding hydrogens is 201 g/mol. The summed E-state index contributed by atoms with van der Waals surface area (Å²) >= 11 is 0. The van der Waals surface area contributed by atoms with Crippen LogP contribution in [-0.4, -0.2) is 19.0 Å². The fourth-order valence-electron chi connectivity index (χ4n) is 0.881. The Labute approximate surface area is 85.6 Å². The standard InChI is InChI=1S/C9H8FN3O2/c10-4-6-15-12-8(7-11)9-3-1-2-5-13(9)14/h1-3,5H,4,6H2/b12-8+. The van der Waals surface area contributed by atoms with Crippen molar-refractivity contribution in [1.29, 1.82) is 5.26 Å². The Bertz CT molecular complexity index is 401. The molecule has 0 spiro atoms. The highest BCUT2D eigenvalue weighted by atomic mass is 19.1. The molecule has 0 aliphatic carbocycles. The van der Waals surface area contributed by atoms with Crippen LogP contribution in [-0.2, 0) is 4.84 Å². The van der Waals surface area contributed by atoms with Crippen LogP contribution in [0.5, 0.6) is 0 Å². The Hall–Kier alpha value is -2.16. The Morgan fingerprint density at radius 2 is 2.47 bits per heavy atom. The van der Waals surface area contributed by atoms with Crippen LogP contribution in [0.15, 0.2) is 29.6 Å². The number of nitriles is 1. The van der Waals surface area contributed by atoms with E-state index in [1.165, 1.54) is 18.3 Å². The number of hydrogen-bond donors (Lipinski definition) is 0. The second kappa shape index (κ2) is 5.54. The minimum absolute atomic E-state index is 0.0684. The molecule has 0 amide bonds. The Kier molecular flexibility index (Phi) is 4.04. The fourth-order valence-corrected chi connectivity index (χ4v) is 0.881. The van der Waals surface area contributed by atoms with Crippen LogP contribution < -0.4 is 4.73 Å². The first-order valence-electron chi connectivity index (χ1n) is 4.14. The largest absolute Gasteiger partial charge is 0.618 e. The molecular formula is C9H8FN3O2. The molecule has 1 aromatic rings. The zero-order valence-electron chi connectivity index (χ0n) is 7.76. The highest BCUT2D eigenvalue weighted by Gasteiger charge is 2.12. The van der Waals surface area contributed by atoms with Gasteiger partial charge in [0, 0.05) is 12.1 Å². The lowest BCUT2D eigenvalue weighted by atomic mass is 10.2. The smallest absolute Gasteiger partial charge is 0.256 e. The molecule has 0 atom stereocenters. The molecule has 78 valence electrons. The van der Waals surface area contributed by atoms with Gasteiger partial charge in [-0.3, -0.25) is 0 Å². The summed E-state index contributed by atoms with van der Waals surface area (Å²) in [4.78, 5) is 4.48. The van der Waals surface area contributed by atoms with E-state index in [0.29, 0.717) is 4.73 Å². The summed E-state index contributed by atoms with van der Waals surface area (Å²) in [5.41, 5.74) is -0.113. The van der Waals surface area contributed by atoms with Crippen molar-refractivity contribution in [1.82, 2.24) is 0 Å². The first kappa shape index (κ1) is 10.9. The van der Waals surface area contributed by atoms with E-state index < -0.39 is 6.67 Å². The van der Waals surface area contributed by atoms with Crippen LogP contribution in [0.4, 0.5) is 4.39 Å². The molecule has 0 aliphatic rings. The number of nitrogens with zero attached hydrogens (tertiary/aromatic N) is 3. The Balaban J connectivity index is 2.89. The van der Waals surface area contributed by atoms with Gasteiger partial charge in [0.2, 0.25) is 0 Å². The fraction of sp³-hybridized carbons (Fsp3) is 0.222. The van der Waals surface area contributed by atoms with Crippen LogP contribution in [0, 0.1) is 16.5 Å². The van der Waals surface area contributed by atoms with Gasteiger partial charge in [-0.25, -0.2) is 4.39 Å². The molecule has 0 saturated carbocycles. The number of aromatic nitrogens is 1. The quantitative estimate of drug-likeness (QED) is 0.239. The van der Waals surface area contributed by atoms with Crippen molar-refractivity contribution in [3.05, 3.63) is 35.3 Å². The van der Waals surface area contributed by atoms with Crippen molar-refractivity contribution in [3.8, 4) is 6.07 Å². The van der Waals surface area contributed by atoms with Gasteiger partial charge in [0.1, 0.15) is 19.4 Å². The lowest BCUT2D eigenvalue weighted by Gasteiger charge is -2.00. The monoisotopic (exact) mass is 209 g/mol. The maximum absolute atomic E-state index is 11.7. The van der Waals surface area contributed by atoms with E-state index in [1.54, 1.807) is 12.1 Å². The first-order chi connectivity index (χ1) is 7.29. The van der Waals surface area contributed by atoms with Gasteiger partial charge in [-0.2, -0.15) is 9.99 Å². The predicted octanol–water partition coefficient (Wildman–Crippen LogP) is 0.534. The van der Waals surface area contributed by atoms with Gasteiger partial charge in [-0.05, 0) is 6.07 Å². The number of alkyl halides is 1. The lowest BCUT2D eigenvalue weighted by molar-refractivity contribution is -0.606. The third-order valence-corrected chi connectivity index (χ3v) is 1.50. The van der Waals surface area contributed by atoms with Gasteiger partial charge in [-0.15, -0.1) is 0 Å². The van der Waals surface area contributed by atoms with Gasteiger partial charge in [0.25, 0.3) is 11.4 Å². The molecule has 0 saturated heterocycles. The average Bonchev–Trinajstić information content (AvgIpc) is 2.26. The topological polar surface area (TPSA) is 72.3 Å². The van der Waals surface area contributed by atoms with E-state index in [2.05, 4.69) is 9.99 Å². The molecule has 1 heterocycles. The lowest BCUT2D eigenvalue weighted by Crippen LogP contribution is -2.33. The van der Waals surface area contributed by atoms with Gasteiger partial charge in [0.15, 0.2) is 6.20 Å². The van der Waals surface area contributed by atoms with E-state index in [-0.39, 0.29) is 18.0 Å². The second-order valence-electron chi connectivity index (χ2n) is 2.49. The Morgan fingerprint density at radius 1 is 1.67 bits per heavy atom. The normalized spacial score (nSPS) is 10.8. The van der Waals surface area contributed by atoms with Crippen molar-refractivity contribution >= 4 is 5.71 Å². The summed E-state index contributed by atoms with van der Waals surface area (Å²) in [5.74, 6) is 0. The molecule has 0 fully saturated rings. The van der Waals surface area contributed by atoms with E-state index in [1.807, 2.05) is 0 Å². The molecule has 5 nitrogen and oxygen atoms in total. The number of rotatable bonds is 4. The van der Waals surface area contributed by atoms with E-state index >= 15 is 0 Å². The van der Waals surface area contributed by atoms with Crippen molar-refractivity contribution < 1.29 is 14.0 Å². The van der Waals surface area contributed by atoms with E-state index in [4.69, 9.17) is 5.26 Å². The number of halogens is 1. The van der Waals surface area contributed by atoms with Gasteiger partial charge in [0.05, 0.1) is 0 Å². The molecule has 0 N–H and O–H groups in total. The first-order valence-corrected chi connectivity index (χ1v) is 4.14. The summed E-state index contributed by atoms with van der Waals surface area (Å²) in [6, 6.07) is 6.24. The molecule has 0 aliphatic heterocycles. The zero-order valence-corrected chi connectivity index (χ0v) is 7.76. The van der Waals surface area contributed by atoms with Gasteiger partial charge >= 0.3 is 0 Å². The van der Waals surface area contributed by atoms with Crippen molar-refractivity contribution in [3.63, 3.8) is 0 Å². The summed E-state index contributed by atoms with van der Waals surface area (Å²) in [5, 5.41) is 23.3. The van der Waals surface area contributed by atoms with Gasteiger partial charge in [-0.1, -0.05) is 5.16 Å². The molecule has 0 aromatic carbocycles. The minimum atomic E-state index is -0.700. The minimum Gasteiger partial charge on any atom is -0.618 e. The second-order valence-corrected chi connectivity index (χ2v) is 2.49. The number of oxime groups is 1. The van der Waals surface area contributed by atoms with Crippen molar-refractivity contribution in [2.75, 3.05) is 13.3 Å². The summed E-state index contributed by atoms with van der Waals surface area (Å²) < 4.78 is 12.2. The van der Waals surface area contributed by atoms with Crippen LogP contribution in [0.25, 0.3) is 0 Å². The van der Waals surface area contributed by atoms with Crippen LogP contribution in [0.2, 0.25) is 0 Å². The van der Waals surface area contributed by atoms with Crippen LogP contribution >= 0.6 is 0 Å². The average molecular weight is 209 g/mol. The Morgan fingerprint density at radius 3 is 3.07 bits per heavy atom. The number of hydrogen-bond acceptors (Lipinski definition) is 4. The SMILES string of the molecule is N#C/C(=N\OCCF)c1cccc[n+]1[O-]. The molecule has 15 heavy (non-hydrogen) atoms. The van der Waals surface area contributed by atoms with Crippen molar-refractivity contribution in [2.24, 2.45) is 5.16 Å². The predicted molar refractivity (Wildman–Crippen MR) is 49.5 cm³/mol. The summed E-state index contributed by atoms with van der Waals surface area (Å²) in [6.45, 7) is -0.939. The van der Waals surface area contributed by atoms with Crippen LogP contribution in [0.1, 0.15) is 5.69 Å². The van der Waals surface area contributed by atoms with Gasteiger partial charge < -0.3 is 10.0 Å². The molecule has 1 aromatic heterocycles. The van der Waals surface area contributed by atoms with Crippen LogP contribution in [0.3, 0.4) is 0 Å².